The summed E-state index contributed by atoms with van der Waals surface area (Å²) in [4.78, 5) is 70.0. The Balaban J connectivity index is 0.000000398. The molecule has 8 aromatic carbocycles. The number of carbonyl (C=O) groups excluding carboxylic acids is 5. The van der Waals surface area contributed by atoms with Crippen LogP contribution in [0.15, 0.2) is 206 Å². The predicted octanol–water partition coefficient (Wildman–Crippen LogP) is 17.0. The van der Waals surface area contributed by atoms with Gasteiger partial charge >= 0.3 is 66.3 Å². The Morgan fingerprint density at radius 1 is 0.418 bits per heavy atom. The fourth-order valence-corrected chi connectivity index (χ4v) is 15.1. The molecule has 0 aliphatic rings. The topological polar surface area (TPSA) is 239 Å². The number of halogens is 6. The smallest absolute Gasteiger partial charge is 1.00 e. The number of methoxy groups -OCH3 is 2. The Morgan fingerprint density at radius 3 is 1.08 bits per heavy atom. The maximum atomic E-state index is 13.3. The molecule has 0 fully saturated rings. The first-order chi connectivity index (χ1) is 57.2. The minimum Gasteiger partial charge on any atom is -1.00 e. The number of carboxylic acids is 1. The summed E-state index contributed by atoms with van der Waals surface area (Å²) in [7, 11) is 10.5. The van der Waals surface area contributed by atoms with Crippen molar-refractivity contribution >= 4 is 152 Å². The van der Waals surface area contributed by atoms with Gasteiger partial charge in [0, 0.05) is 178 Å². The molecule has 644 valence electrons. The Morgan fingerprint density at radius 2 is 0.738 bits per heavy atom. The van der Waals surface area contributed by atoms with Crippen molar-refractivity contribution in [3.8, 4) is 0 Å². The number of aliphatic hydroxyl groups excluding tert-OH is 1. The van der Waals surface area contributed by atoms with Crippen molar-refractivity contribution in [2.24, 2.45) is 45.9 Å². The van der Waals surface area contributed by atoms with Gasteiger partial charge in [0.15, 0.2) is 11.6 Å². The molecule has 0 aliphatic carbocycles. The fraction of sp³-hybridized carbons (Fsp3) is 0.354. The monoisotopic (exact) mass is 1830 g/mol. The van der Waals surface area contributed by atoms with Crippen LogP contribution in [-0.4, -0.2) is 108 Å². The minimum atomic E-state index is -0.900. The number of aryl methyl sites for hydroxylation is 8. The number of hydrogen-bond donors (Lipinski definition) is 2. The van der Waals surface area contributed by atoms with Crippen molar-refractivity contribution in [3.63, 3.8) is 0 Å². The van der Waals surface area contributed by atoms with Crippen LogP contribution in [0.2, 0.25) is 20.1 Å². The number of aliphatic carboxylic acids is 1. The summed E-state index contributed by atoms with van der Waals surface area (Å²) in [6, 6.07) is 68.5. The fourth-order valence-electron chi connectivity index (χ4n) is 13.8. The molecule has 0 saturated carbocycles. The van der Waals surface area contributed by atoms with E-state index in [1.165, 1.54) is 60.5 Å². The summed E-state index contributed by atoms with van der Waals surface area (Å²) in [5, 5.41) is 25.2. The number of fused-ring (bicyclic) bond motifs is 4. The zero-order valence-electron chi connectivity index (χ0n) is 72.8. The number of nitrogens with zero attached hydrogens (tertiary/aromatic N) is 4. The van der Waals surface area contributed by atoms with Crippen LogP contribution in [0.1, 0.15) is 152 Å². The number of benzene rings is 8. The molecule has 26 heteroatoms. The first-order valence-electron chi connectivity index (χ1n) is 39.9. The van der Waals surface area contributed by atoms with Gasteiger partial charge in [0.2, 0.25) is 5.24 Å². The average molecular weight is 1830 g/mol. The second-order valence-corrected chi connectivity index (χ2v) is 32.5. The number of rotatable bonds is 36. The van der Waals surface area contributed by atoms with Gasteiger partial charge in [0.05, 0.1) is 52.0 Å². The van der Waals surface area contributed by atoms with E-state index in [2.05, 4.69) is 123 Å². The van der Waals surface area contributed by atoms with Crippen LogP contribution >= 0.6 is 73.9 Å². The number of hydrogen-bond acceptors (Lipinski definition) is 13. The minimum absolute atomic E-state index is 0. The number of ketones is 2. The summed E-state index contributed by atoms with van der Waals surface area (Å²) in [5.74, 6) is -2.02. The predicted molar refractivity (Wildman–Crippen MR) is 489 cm³/mol. The van der Waals surface area contributed by atoms with Gasteiger partial charge in [-0.2, -0.15) is 0 Å². The second-order valence-electron chi connectivity index (χ2n) is 29.5. The van der Waals surface area contributed by atoms with Crippen LogP contribution in [0.25, 0.3) is 43.6 Å². The average Bonchev–Trinajstić information content (AvgIpc) is 1.61. The third-order valence-electron chi connectivity index (χ3n) is 20.0. The molecule has 0 saturated heterocycles. The van der Waals surface area contributed by atoms with Crippen LogP contribution < -0.4 is 48.4 Å². The molecular formula is C96H112BrCl5LiN4NaO14. The number of aliphatic hydroxyl groups is 1. The molecule has 4 heterocycles. The van der Waals surface area contributed by atoms with Crippen molar-refractivity contribution in [3.05, 3.63) is 283 Å². The van der Waals surface area contributed by atoms with E-state index in [1.807, 2.05) is 145 Å². The molecule has 3 N–H and O–H groups in total. The number of Topliss-reactive ketones (excluding diaryl/α,β-unsaturated/α-hetero) is 2. The van der Waals surface area contributed by atoms with Crippen LogP contribution in [0.3, 0.4) is 0 Å². The molecule has 0 spiro atoms. The number of ether oxygens (including phenoxy) is 5. The first kappa shape index (κ1) is 107. The first-order valence-corrected chi connectivity index (χ1v) is 42.9. The van der Waals surface area contributed by atoms with Crippen LogP contribution in [-0.2, 0) is 123 Å². The van der Waals surface area contributed by atoms with Gasteiger partial charge in [-0.1, -0.05) is 204 Å². The van der Waals surface area contributed by atoms with E-state index >= 15 is 0 Å². The van der Waals surface area contributed by atoms with Crippen molar-refractivity contribution in [1.29, 1.82) is 0 Å². The molecule has 0 bridgehead atoms. The molecule has 12 rings (SSSR count). The van der Waals surface area contributed by atoms with E-state index in [0.29, 0.717) is 54.2 Å². The van der Waals surface area contributed by atoms with Crippen molar-refractivity contribution in [2.75, 3.05) is 39.4 Å². The summed E-state index contributed by atoms with van der Waals surface area (Å²) < 4.78 is 35.0. The Labute approximate surface area is 786 Å². The van der Waals surface area contributed by atoms with Gasteiger partial charge in [0.25, 0.3) is 0 Å². The summed E-state index contributed by atoms with van der Waals surface area (Å²) in [5.41, 5.74) is 14.4. The SMILES string of the molecule is BrCCCc1ccccc1.CC(CC(=O)O)CC(=O)c1c(COCCCc2ccccc2)n(C)c2ccc(Cl)cc12.COC(=O)CC(C)CC(=O)Cl.COC(=O)CC(C)CC(=O)c1c(COCCCc2ccccc2)n(C)c2ccc(Cl)cc12.Cn1c(CO)cc2cc(Cl)ccc21.Cn1c(COCCCc2ccccc2)cc2cc(Cl)ccc21.[H-].[Li+].[Na+].[OH-]. The van der Waals surface area contributed by atoms with Gasteiger partial charge in [-0.05, 0) is 188 Å². The maximum Gasteiger partial charge on any atom is 1.00 e. The quantitative estimate of drug-likeness (QED) is 0.00927. The third kappa shape index (κ3) is 35.6. The van der Waals surface area contributed by atoms with E-state index < -0.39 is 11.2 Å². The second kappa shape index (κ2) is 57.3. The van der Waals surface area contributed by atoms with Gasteiger partial charge in [-0.3, -0.25) is 28.8 Å². The van der Waals surface area contributed by atoms with E-state index in [4.69, 9.17) is 87.2 Å². The molecule has 3 unspecified atom stereocenters. The molecule has 3 atom stereocenters. The van der Waals surface area contributed by atoms with Crippen LogP contribution in [0.4, 0.5) is 0 Å². The molecule has 0 amide bonds. The molecule has 12 aromatic rings. The molecule has 4 aromatic heterocycles. The van der Waals surface area contributed by atoms with Crippen LogP contribution in [0.5, 0.6) is 0 Å². The van der Waals surface area contributed by atoms with Crippen molar-refractivity contribution in [1.82, 2.24) is 18.3 Å². The molecule has 0 radical (unpaired) electrons. The largest absolute Gasteiger partial charge is 1.00 e. The van der Waals surface area contributed by atoms with E-state index in [9.17, 15) is 28.8 Å². The van der Waals surface area contributed by atoms with Crippen molar-refractivity contribution < 1.29 is 118 Å². The Hall–Kier alpha value is -7.33. The Bertz CT molecular complexity index is 5220. The normalized spacial score (nSPS) is 11.4. The standard InChI is InChI=1S/C26H30ClNO4.C25H28ClNO4.C19H20ClNO.C10H10ClNO.C9H11Br.C7H11ClO3.Li.Na.H2O.H/c1-18(15-25(30)31-3)14-24(29)26-21-16-20(27)11-12-22(21)28(2)23(26)17-32-13-7-10-19-8-5-4-6-9-19;1-17(14-24(29)30)13-23(28)25-20-15-19(26)10-11-21(20)27(2)22(25)16-31-12-6-9-18-7-4-3-5-8-18;1-21-18(13-16-12-17(20)9-10-19(16)21)14-22-11-5-8-15-6-3-2-4-7-15;1-12-9(6-13)5-7-4-8(11)2-3-10(7)12;10-8-4-7-9-5-2-1-3-6-9;1-5(3-6(8)9)4-7(10)11-2;;;;/h4-6,8-9,11-12,16,18H,7,10,13-15,17H2,1-3H3;3-5,7-8,10-11,15,17H,6,9,12-14,16H2,1-2H3,(H,29,30);2-4,6-7,9-10,12-13H,5,8,11,14H2,1H3;2-5,13H,6H2,1H3;1-3,5-6H,4,7-8H2;5H,3-4H2,1-2H3;;;1H2;/q;;;;;;2*+1;;-1/p-1. The number of carbonyl (C=O) groups is 6. The van der Waals surface area contributed by atoms with E-state index in [0.717, 1.165) is 116 Å². The molecule has 18 nitrogen and oxygen atoms in total. The summed E-state index contributed by atoms with van der Waals surface area (Å²) >= 11 is 32.9. The third-order valence-corrected chi connectivity index (χ3v) is 21.7. The van der Waals surface area contributed by atoms with Gasteiger partial charge in [-0.25, -0.2) is 0 Å². The molecule has 122 heavy (non-hydrogen) atoms. The van der Waals surface area contributed by atoms with Gasteiger partial charge in [0.1, 0.15) is 0 Å². The summed E-state index contributed by atoms with van der Waals surface area (Å²) in [6.45, 7) is 8.74. The van der Waals surface area contributed by atoms with Crippen LogP contribution in [0, 0.1) is 17.8 Å². The number of alkyl halides is 1. The summed E-state index contributed by atoms with van der Waals surface area (Å²) in [6.07, 6.45) is 9.24. The number of esters is 2. The van der Waals surface area contributed by atoms with Gasteiger partial charge < -0.3 is 59.1 Å². The zero-order chi connectivity index (χ0) is 86.3. The Kier molecular flexibility index (Phi) is 50.3. The number of carboxylic acid groups (broad SMARTS) is 1. The molecule has 0 aliphatic heterocycles. The molecular weight excluding hydrogens is 1720 g/mol. The van der Waals surface area contributed by atoms with E-state index in [1.54, 1.807) is 26.0 Å². The maximum absolute atomic E-state index is 13.3. The van der Waals surface area contributed by atoms with Crippen molar-refractivity contribution in [2.45, 2.75) is 137 Å². The number of aromatic nitrogens is 4. The van der Waals surface area contributed by atoms with E-state index in [-0.39, 0.29) is 142 Å². The van der Waals surface area contributed by atoms with Gasteiger partial charge in [-0.15, -0.1) is 0 Å². The zero-order valence-corrected chi connectivity index (χ0v) is 79.2.